The largest absolute Gasteiger partial charge is 0.349 e. The van der Waals surface area contributed by atoms with Crippen LogP contribution in [0.25, 0.3) is 22.2 Å². The summed E-state index contributed by atoms with van der Waals surface area (Å²) in [6.07, 6.45) is 9.51. The van der Waals surface area contributed by atoms with Gasteiger partial charge in [-0.25, -0.2) is 4.98 Å². The van der Waals surface area contributed by atoms with Crippen molar-refractivity contribution < 1.29 is 4.79 Å². The molecule has 1 amide bonds. The van der Waals surface area contributed by atoms with Crippen molar-refractivity contribution in [1.82, 2.24) is 24.8 Å². The van der Waals surface area contributed by atoms with Crippen LogP contribution in [-0.4, -0.2) is 44.5 Å². The highest BCUT2D eigenvalue weighted by Crippen LogP contribution is 2.29. The number of nitrogens with zero attached hydrogens (tertiary/aromatic N) is 4. The Morgan fingerprint density at radius 3 is 2.64 bits per heavy atom. The number of pyridine rings is 1. The molecule has 2 aromatic heterocycles. The molecule has 0 unspecified atom stereocenters. The highest BCUT2D eigenvalue weighted by molar-refractivity contribution is 6.06. The first kappa shape index (κ1) is 22.9. The average molecular weight is 480 g/mol. The van der Waals surface area contributed by atoms with Crippen LogP contribution in [0.5, 0.6) is 0 Å². The molecule has 1 aliphatic heterocycles. The predicted octanol–water partition coefficient (Wildman–Crippen LogP) is 5.29. The second kappa shape index (κ2) is 10.2. The summed E-state index contributed by atoms with van der Waals surface area (Å²) in [5.74, 6) is 1.94. The summed E-state index contributed by atoms with van der Waals surface area (Å²) in [6, 6.07) is 20.5. The fourth-order valence-electron chi connectivity index (χ4n) is 5.87. The summed E-state index contributed by atoms with van der Waals surface area (Å²) in [5.41, 5.74) is 4.06. The standard InChI is InChI=1S/C30H33N5O/c36-30(26-8-4-10-27-25(26)9-5-16-31-27)33-24-13-11-22(12-14-24)15-17-34-18-19-35-28(20-32-29(35)21-34)23-6-2-1-3-7-23/h1-10,16,20,22,24H,11-15,17-19,21H2,(H,33,36)/t22-,24-. The van der Waals surface area contributed by atoms with Gasteiger partial charge >= 0.3 is 0 Å². The van der Waals surface area contributed by atoms with Crippen LogP contribution in [0.1, 0.15) is 48.3 Å². The molecule has 6 heteroatoms. The second-order valence-electron chi connectivity index (χ2n) is 10.2. The fraction of sp³-hybridized carbons (Fsp3) is 0.367. The molecule has 0 atom stereocenters. The molecule has 0 saturated heterocycles. The molecule has 4 aromatic rings. The van der Waals surface area contributed by atoms with Crippen LogP contribution >= 0.6 is 0 Å². The number of carbonyl (C=O) groups excluding carboxylic acids is 1. The highest BCUT2D eigenvalue weighted by atomic mass is 16.1. The summed E-state index contributed by atoms with van der Waals surface area (Å²) >= 11 is 0. The third kappa shape index (κ3) is 4.78. The first-order valence-electron chi connectivity index (χ1n) is 13.2. The summed E-state index contributed by atoms with van der Waals surface area (Å²) in [6.45, 7) is 4.13. The van der Waals surface area contributed by atoms with E-state index >= 15 is 0 Å². The van der Waals surface area contributed by atoms with Crippen LogP contribution in [0.4, 0.5) is 0 Å². The first-order valence-corrected chi connectivity index (χ1v) is 13.2. The van der Waals surface area contributed by atoms with Gasteiger partial charge in [-0.1, -0.05) is 42.5 Å². The lowest BCUT2D eigenvalue weighted by Crippen LogP contribution is -2.39. The lowest BCUT2D eigenvalue weighted by molar-refractivity contribution is 0.0921. The lowest BCUT2D eigenvalue weighted by Gasteiger charge is -2.32. The number of amides is 1. The van der Waals surface area contributed by atoms with Gasteiger partial charge in [-0.3, -0.25) is 14.7 Å². The van der Waals surface area contributed by atoms with Crippen molar-refractivity contribution in [3.63, 3.8) is 0 Å². The van der Waals surface area contributed by atoms with Gasteiger partial charge in [0.1, 0.15) is 5.82 Å². The Morgan fingerprint density at radius 1 is 0.917 bits per heavy atom. The summed E-state index contributed by atoms with van der Waals surface area (Å²) in [4.78, 5) is 24.7. The molecular formula is C30H33N5O. The number of nitrogens with one attached hydrogen (secondary N) is 1. The van der Waals surface area contributed by atoms with Gasteiger partial charge in [0.25, 0.3) is 5.91 Å². The normalized spacial score (nSPS) is 20.2. The number of aromatic nitrogens is 3. The lowest BCUT2D eigenvalue weighted by atomic mass is 9.84. The fourth-order valence-corrected chi connectivity index (χ4v) is 5.87. The van der Waals surface area contributed by atoms with Crippen molar-refractivity contribution in [2.75, 3.05) is 13.1 Å². The number of rotatable bonds is 6. The van der Waals surface area contributed by atoms with Crippen LogP contribution in [-0.2, 0) is 13.1 Å². The Balaban J connectivity index is 0.982. The summed E-state index contributed by atoms with van der Waals surface area (Å²) < 4.78 is 2.38. The highest BCUT2D eigenvalue weighted by Gasteiger charge is 2.25. The Labute approximate surface area is 212 Å². The van der Waals surface area contributed by atoms with E-state index < -0.39 is 0 Å². The zero-order valence-corrected chi connectivity index (χ0v) is 20.6. The second-order valence-corrected chi connectivity index (χ2v) is 10.2. The molecule has 0 spiro atoms. The van der Waals surface area contributed by atoms with Gasteiger partial charge < -0.3 is 9.88 Å². The van der Waals surface area contributed by atoms with E-state index in [-0.39, 0.29) is 11.9 Å². The Morgan fingerprint density at radius 2 is 1.78 bits per heavy atom. The minimum Gasteiger partial charge on any atom is -0.349 e. The van der Waals surface area contributed by atoms with Gasteiger partial charge in [-0.15, -0.1) is 0 Å². The molecule has 36 heavy (non-hydrogen) atoms. The summed E-state index contributed by atoms with van der Waals surface area (Å²) in [5, 5.41) is 4.21. The molecule has 1 saturated carbocycles. The Hall–Kier alpha value is -3.51. The van der Waals surface area contributed by atoms with Crippen LogP contribution in [0.2, 0.25) is 0 Å². The van der Waals surface area contributed by atoms with Gasteiger partial charge in [0, 0.05) is 36.3 Å². The van der Waals surface area contributed by atoms with Gasteiger partial charge in [-0.2, -0.15) is 0 Å². The van der Waals surface area contributed by atoms with Crippen molar-refractivity contribution in [3.05, 3.63) is 84.4 Å². The third-order valence-corrected chi connectivity index (χ3v) is 7.94. The van der Waals surface area contributed by atoms with Gasteiger partial charge in [-0.05, 0) is 68.3 Å². The maximum absolute atomic E-state index is 13.0. The Kier molecular flexibility index (Phi) is 6.51. The van der Waals surface area contributed by atoms with Crippen molar-refractivity contribution in [3.8, 4) is 11.3 Å². The smallest absolute Gasteiger partial charge is 0.252 e. The van der Waals surface area contributed by atoms with Crippen molar-refractivity contribution in [2.24, 2.45) is 5.92 Å². The molecule has 6 rings (SSSR count). The first-order chi connectivity index (χ1) is 17.7. The van der Waals surface area contributed by atoms with E-state index in [4.69, 9.17) is 4.98 Å². The van der Waals surface area contributed by atoms with Crippen LogP contribution in [0.3, 0.4) is 0 Å². The number of imidazole rings is 1. The SMILES string of the molecule is O=C(N[C@H]1CC[C@H](CCN2CCn3c(-c4ccccc4)cnc3C2)CC1)c1cccc2ncccc12. The number of hydrogen-bond donors (Lipinski definition) is 1. The maximum Gasteiger partial charge on any atom is 0.252 e. The molecule has 3 heterocycles. The predicted molar refractivity (Wildman–Crippen MR) is 143 cm³/mol. The average Bonchev–Trinajstić information content (AvgIpc) is 3.36. The minimum absolute atomic E-state index is 0.0238. The van der Waals surface area contributed by atoms with Gasteiger partial charge in [0.05, 0.1) is 24.0 Å². The monoisotopic (exact) mass is 479 g/mol. The molecule has 0 bridgehead atoms. The molecule has 2 aromatic carbocycles. The number of fused-ring (bicyclic) bond motifs is 2. The minimum atomic E-state index is 0.0238. The zero-order valence-electron chi connectivity index (χ0n) is 20.6. The van der Waals surface area contributed by atoms with Gasteiger partial charge in [0.2, 0.25) is 0 Å². The molecule has 2 aliphatic rings. The molecule has 6 nitrogen and oxygen atoms in total. The topological polar surface area (TPSA) is 63.1 Å². The molecule has 1 N–H and O–H groups in total. The summed E-state index contributed by atoms with van der Waals surface area (Å²) in [7, 11) is 0. The zero-order chi connectivity index (χ0) is 24.3. The van der Waals surface area contributed by atoms with Crippen LogP contribution < -0.4 is 5.32 Å². The maximum atomic E-state index is 13.0. The Bertz CT molecular complexity index is 1330. The van der Waals surface area contributed by atoms with Crippen molar-refractivity contribution in [2.45, 2.75) is 51.2 Å². The molecule has 0 radical (unpaired) electrons. The van der Waals surface area contributed by atoms with Crippen molar-refractivity contribution >= 4 is 16.8 Å². The van der Waals surface area contributed by atoms with E-state index in [1.807, 2.05) is 36.5 Å². The van der Waals surface area contributed by atoms with Crippen LogP contribution in [0.15, 0.2) is 73.1 Å². The van der Waals surface area contributed by atoms with E-state index in [1.165, 1.54) is 36.3 Å². The van der Waals surface area contributed by atoms with E-state index in [2.05, 4.69) is 50.1 Å². The van der Waals surface area contributed by atoms with Crippen molar-refractivity contribution in [1.29, 1.82) is 0 Å². The quantitative estimate of drug-likeness (QED) is 0.408. The van der Waals surface area contributed by atoms with E-state index in [9.17, 15) is 4.79 Å². The van der Waals surface area contributed by atoms with Crippen LogP contribution in [0, 0.1) is 5.92 Å². The third-order valence-electron chi connectivity index (χ3n) is 7.94. The van der Waals surface area contributed by atoms with E-state index in [0.29, 0.717) is 0 Å². The molecular weight excluding hydrogens is 446 g/mol. The van der Waals surface area contributed by atoms with Gasteiger partial charge in [0.15, 0.2) is 0 Å². The molecule has 1 fully saturated rings. The molecule has 1 aliphatic carbocycles. The number of benzene rings is 2. The van der Waals surface area contributed by atoms with E-state index in [1.54, 1.807) is 6.20 Å². The number of carbonyl (C=O) groups is 1. The molecule has 184 valence electrons. The van der Waals surface area contributed by atoms with E-state index in [0.717, 1.165) is 61.4 Å². The number of hydrogen-bond acceptors (Lipinski definition) is 4.